The number of fused-ring (bicyclic) bond motifs is 1. The number of hydrogen-bond acceptors (Lipinski definition) is 8. The molecular formula is C23H20FN7O3. The number of carbonyl (C=O) groups is 1. The number of amides is 1. The quantitative estimate of drug-likeness (QED) is 0.303. The van der Waals surface area contributed by atoms with Crippen molar-refractivity contribution in [2.45, 2.75) is 6.54 Å². The van der Waals surface area contributed by atoms with Gasteiger partial charge in [0.15, 0.2) is 17.2 Å². The Bertz CT molecular complexity index is 1390. The molecule has 0 spiro atoms. The summed E-state index contributed by atoms with van der Waals surface area (Å²) in [5, 5.41) is 17.6. The average Bonchev–Trinajstić information content (AvgIpc) is 3.21. The van der Waals surface area contributed by atoms with E-state index in [0.29, 0.717) is 28.0 Å². The van der Waals surface area contributed by atoms with Gasteiger partial charge in [0.1, 0.15) is 24.4 Å². The van der Waals surface area contributed by atoms with Crippen LogP contribution >= 0.6 is 0 Å². The van der Waals surface area contributed by atoms with E-state index in [-0.39, 0.29) is 31.0 Å². The number of aromatic nitrogens is 4. The fourth-order valence-electron chi connectivity index (χ4n) is 3.54. The van der Waals surface area contributed by atoms with Crippen LogP contribution in [0, 0.1) is 10.7 Å². The summed E-state index contributed by atoms with van der Waals surface area (Å²) in [7, 11) is 0. The third-order valence-electron chi connectivity index (χ3n) is 5.18. The van der Waals surface area contributed by atoms with Crippen molar-refractivity contribution in [3.8, 4) is 17.0 Å². The maximum atomic E-state index is 13.6. The lowest BCUT2D eigenvalue weighted by Crippen LogP contribution is -2.35. The third kappa shape index (κ3) is 4.31. The maximum absolute atomic E-state index is 13.6. The molecule has 0 aliphatic carbocycles. The Balaban J connectivity index is 1.73. The lowest BCUT2D eigenvalue weighted by atomic mass is 10.1. The summed E-state index contributed by atoms with van der Waals surface area (Å²) in [4.78, 5) is 33.4. The molecule has 34 heavy (non-hydrogen) atoms. The number of para-hydroxylation sites is 1. The van der Waals surface area contributed by atoms with Crippen LogP contribution in [0.25, 0.3) is 22.3 Å². The molecule has 1 amide bonds. The molecule has 0 aliphatic rings. The molecule has 172 valence electrons. The van der Waals surface area contributed by atoms with Crippen molar-refractivity contribution >= 4 is 28.4 Å². The second-order valence-corrected chi connectivity index (χ2v) is 7.38. The normalized spacial score (nSPS) is 10.9. The fraction of sp³-hybridized carbons (Fsp3) is 0.130. The Morgan fingerprint density at radius 3 is 2.68 bits per heavy atom. The van der Waals surface area contributed by atoms with E-state index in [2.05, 4.69) is 26.8 Å². The number of phenols is 1. The van der Waals surface area contributed by atoms with E-state index >= 15 is 0 Å². The number of nitrogen functional groups attached to an aromatic ring is 1. The van der Waals surface area contributed by atoms with E-state index in [9.17, 15) is 19.2 Å². The summed E-state index contributed by atoms with van der Waals surface area (Å²) < 4.78 is 15.1. The number of nitroso groups, excluding NO2 is 1. The topological polar surface area (TPSA) is 140 Å². The lowest BCUT2D eigenvalue weighted by Gasteiger charge is -2.23. The van der Waals surface area contributed by atoms with Crippen LogP contribution in [0.15, 0.2) is 72.2 Å². The first-order valence-electron chi connectivity index (χ1n) is 10.2. The SMILES string of the molecule is C=C(CN=O)C(=O)N(CCn1nc(-c2ccc(F)c(O)c2)c2c(N)ncnc21)c1ccccc1. The van der Waals surface area contributed by atoms with E-state index in [0.717, 1.165) is 6.07 Å². The van der Waals surface area contributed by atoms with Crippen molar-refractivity contribution in [2.75, 3.05) is 23.7 Å². The Hall–Kier alpha value is -4.67. The first-order chi connectivity index (χ1) is 16.4. The summed E-state index contributed by atoms with van der Waals surface area (Å²) >= 11 is 0. The number of aromatic hydroxyl groups is 1. The summed E-state index contributed by atoms with van der Waals surface area (Å²) in [5.41, 5.74) is 7.93. The molecule has 4 aromatic rings. The van der Waals surface area contributed by atoms with Gasteiger partial charge in [-0.05, 0) is 30.3 Å². The van der Waals surface area contributed by atoms with E-state index in [4.69, 9.17) is 5.73 Å². The summed E-state index contributed by atoms with van der Waals surface area (Å²) in [5.74, 6) is -1.57. The Morgan fingerprint density at radius 1 is 1.21 bits per heavy atom. The fourth-order valence-corrected chi connectivity index (χ4v) is 3.54. The molecule has 3 N–H and O–H groups in total. The molecule has 0 aliphatic heterocycles. The molecule has 0 atom stereocenters. The van der Waals surface area contributed by atoms with Gasteiger partial charge < -0.3 is 15.7 Å². The zero-order valence-electron chi connectivity index (χ0n) is 17.9. The molecule has 0 unspecified atom stereocenters. The molecule has 0 saturated heterocycles. The number of halogens is 1. The second-order valence-electron chi connectivity index (χ2n) is 7.38. The van der Waals surface area contributed by atoms with Gasteiger partial charge in [-0.1, -0.05) is 30.0 Å². The molecule has 2 aromatic carbocycles. The minimum atomic E-state index is -0.765. The highest BCUT2D eigenvalue weighted by atomic mass is 19.1. The third-order valence-corrected chi connectivity index (χ3v) is 5.18. The van der Waals surface area contributed by atoms with Gasteiger partial charge in [-0.15, -0.1) is 0 Å². The minimum Gasteiger partial charge on any atom is -0.505 e. The second kappa shape index (κ2) is 9.45. The van der Waals surface area contributed by atoms with Gasteiger partial charge in [-0.3, -0.25) is 4.79 Å². The van der Waals surface area contributed by atoms with Crippen molar-refractivity contribution in [2.24, 2.45) is 5.18 Å². The van der Waals surface area contributed by atoms with E-state index < -0.39 is 17.5 Å². The first kappa shape index (κ1) is 22.5. The molecular weight excluding hydrogens is 441 g/mol. The van der Waals surface area contributed by atoms with Gasteiger partial charge in [0.2, 0.25) is 0 Å². The molecule has 0 bridgehead atoms. The van der Waals surface area contributed by atoms with Crippen molar-refractivity contribution in [3.63, 3.8) is 0 Å². The van der Waals surface area contributed by atoms with E-state index in [1.165, 1.54) is 23.4 Å². The van der Waals surface area contributed by atoms with Gasteiger partial charge in [0, 0.05) is 23.4 Å². The van der Waals surface area contributed by atoms with Crippen LogP contribution in [-0.4, -0.2) is 43.9 Å². The van der Waals surface area contributed by atoms with Crippen LogP contribution in [0.4, 0.5) is 15.9 Å². The first-order valence-corrected chi connectivity index (χ1v) is 10.2. The largest absolute Gasteiger partial charge is 0.505 e. The summed E-state index contributed by atoms with van der Waals surface area (Å²) in [6.07, 6.45) is 1.29. The predicted molar refractivity (Wildman–Crippen MR) is 125 cm³/mol. The van der Waals surface area contributed by atoms with Crippen LogP contribution < -0.4 is 10.6 Å². The molecule has 2 heterocycles. The molecule has 0 fully saturated rings. The maximum Gasteiger partial charge on any atom is 0.255 e. The van der Waals surface area contributed by atoms with Gasteiger partial charge in [0.25, 0.3) is 5.91 Å². The number of phenolic OH excluding ortho intramolecular Hbond substituents is 1. The van der Waals surface area contributed by atoms with Crippen molar-refractivity contribution in [3.05, 3.63) is 77.7 Å². The van der Waals surface area contributed by atoms with Gasteiger partial charge in [0.05, 0.1) is 11.9 Å². The van der Waals surface area contributed by atoms with Crippen LogP contribution in [0.3, 0.4) is 0 Å². The van der Waals surface area contributed by atoms with Crippen molar-refractivity contribution < 1.29 is 14.3 Å². The highest BCUT2D eigenvalue weighted by molar-refractivity contribution is 6.05. The minimum absolute atomic E-state index is 0.0539. The number of anilines is 2. The number of rotatable bonds is 8. The smallest absolute Gasteiger partial charge is 0.255 e. The lowest BCUT2D eigenvalue weighted by molar-refractivity contribution is -0.115. The Morgan fingerprint density at radius 2 is 1.97 bits per heavy atom. The monoisotopic (exact) mass is 461 g/mol. The molecule has 0 radical (unpaired) electrons. The Kier molecular flexibility index (Phi) is 6.26. The Labute approximate surface area is 193 Å². The number of benzene rings is 2. The van der Waals surface area contributed by atoms with E-state index in [1.54, 1.807) is 28.9 Å². The zero-order chi connectivity index (χ0) is 24.2. The molecule has 4 rings (SSSR count). The van der Waals surface area contributed by atoms with E-state index in [1.807, 2.05) is 6.07 Å². The molecule has 0 saturated carbocycles. The molecule has 11 heteroatoms. The average molecular weight is 461 g/mol. The van der Waals surface area contributed by atoms with Crippen LogP contribution in [-0.2, 0) is 11.3 Å². The molecule has 10 nitrogen and oxygen atoms in total. The number of nitrogens with zero attached hydrogens (tertiary/aromatic N) is 6. The van der Waals surface area contributed by atoms with Gasteiger partial charge in [-0.25, -0.2) is 19.0 Å². The standard InChI is InChI=1S/C23H20FN7O3/c1-14(12-28-34)23(33)30(16-5-3-2-4-6-16)9-10-31-22-19(21(25)26-13-27-22)20(29-31)15-7-8-17(24)18(32)11-15/h2-8,11,13,32H,1,9-10,12H2,(H2,25,26,27). The zero-order valence-corrected chi connectivity index (χ0v) is 17.9. The number of hydrogen-bond donors (Lipinski definition) is 2. The summed E-state index contributed by atoms with van der Waals surface area (Å²) in [6.45, 7) is 3.70. The number of nitrogens with two attached hydrogens (primary N) is 1. The van der Waals surface area contributed by atoms with Gasteiger partial charge >= 0.3 is 0 Å². The van der Waals surface area contributed by atoms with Crippen molar-refractivity contribution in [1.29, 1.82) is 0 Å². The highest BCUT2D eigenvalue weighted by Gasteiger charge is 2.22. The predicted octanol–water partition coefficient (Wildman–Crippen LogP) is 3.28. The summed E-state index contributed by atoms with van der Waals surface area (Å²) in [6, 6.07) is 12.7. The van der Waals surface area contributed by atoms with Gasteiger partial charge in [-0.2, -0.15) is 10.0 Å². The van der Waals surface area contributed by atoms with Crippen LogP contribution in [0.5, 0.6) is 5.75 Å². The van der Waals surface area contributed by atoms with Crippen LogP contribution in [0.2, 0.25) is 0 Å². The number of carbonyl (C=O) groups excluding carboxylic acids is 1. The highest BCUT2D eigenvalue weighted by Crippen LogP contribution is 2.32. The van der Waals surface area contributed by atoms with Crippen molar-refractivity contribution in [1.82, 2.24) is 19.7 Å². The molecule has 2 aromatic heterocycles. The van der Waals surface area contributed by atoms with Crippen LogP contribution in [0.1, 0.15) is 0 Å².